The molecule has 0 saturated carbocycles. The van der Waals surface area contributed by atoms with E-state index in [0.29, 0.717) is 11.4 Å². The van der Waals surface area contributed by atoms with Crippen molar-refractivity contribution < 1.29 is 17.9 Å². The quantitative estimate of drug-likeness (QED) is 0.433. The van der Waals surface area contributed by atoms with E-state index in [0.717, 1.165) is 46.4 Å². The molecule has 0 spiro atoms. The Labute approximate surface area is 198 Å². The number of hydrogen-bond donors (Lipinski definition) is 1. The molecular formula is C26H25N3O4S. The number of H-pyrrole nitrogens is 1. The standard InChI is InChI=1S/C26H25N3O4S/c1-34(31,32)21-12-9-19(10-13-21)20-11-14-22-23(16-20)28-25(27-22)24-8-5-15-29(24)26(30)33-17-18-6-3-2-4-7-18/h2-4,6-7,9-14,16,24H,5,8,15,17H2,1H3,(H,27,28)/t24-/m0/s1. The highest BCUT2D eigenvalue weighted by molar-refractivity contribution is 7.90. The molecule has 1 amide bonds. The van der Waals surface area contributed by atoms with E-state index in [1.54, 1.807) is 29.2 Å². The zero-order valence-electron chi connectivity index (χ0n) is 18.8. The molecule has 0 radical (unpaired) electrons. The molecule has 1 saturated heterocycles. The molecule has 5 rings (SSSR count). The van der Waals surface area contributed by atoms with Gasteiger partial charge in [-0.1, -0.05) is 48.5 Å². The maximum Gasteiger partial charge on any atom is 0.410 e. The van der Waals surface area contributed by atoms with Gasteiger partial charge in [0.15, 0.2) is 9.84 Å². The Bertz CT molecular complexity index is 1430. The fraction of sp³-hybridized carbons (Fsp3) is 0.231. The molecule has 3 aromatic carbocycles. The Morgan fingerprint density at radius 3 is 2.53 bits per heavy atom. The van der Waals surface area contributed by atoms with E-state index in [1.165, 1.54) is 6.26 Å². The van der Waals surface area contributed by atoms with Crippen molar-refractivity contribution in [3.05, 3.63) is 84.2 Å². The van der Waals surface area contributed by atoms with E-state index in [9.17, 15) is 13.2 Å². The number of rotatable bonds is 5. The number of nitrogens with zero attached hydrogens (tertiary/aromatic N) is 2. The molecule has 2 heterocycles. The van der Waals surface area contributed by atoms with Crippen LogP contribution in [0.2, 0.25) is 0 Å². The predicted molar refractivity (Wildman–Crippen MR) is 130 cm³/mol. The number of benzene rings is 3. The van der Waals surface area contributed by atoms with Crippen molar-refractivity contribution in [3.63, 3.8) is 0 Å². The topological polar surface area (TPSA) is 92.4 Å². The van der Waals surface area contributed by atoms with Gasteiger partial charge in [-0.25, -0.2) is 18.2 Å². The minimum absolute atomic E-state index is 0.159. The number of carbonyl (C=O) groups excluding carboxylic acids is 1. The number of amides is 1. The second kappa shape index (κ2) is 8.95. The van der Waals surface area contributed by atoms with E-state index in [1.807, 2.05) is 48.5 Å². The lowest BCUT2D eigenvalue weighted by Gasteiger charge is -2.22. The lowest BCUT2D eigenvalue weighted by molar-refractivity contribution is 0.0910. The summed E-state index contributed by atoms with van der Waals surface area (Å²) in [5.41, 5.74) is 4.50. The van der Waals surface area contributed by atoms with Crippen molar-refractivity contribution in [1.82, 2.24) is 14.9 Å². The summed E-state index contributed by atoms with van der Waals surface area (Å²) < 4.78 is 29.0. The van der Waals surface area contributed by atoms with Gasteiger partial charge in [-0.15, -0.1) is 0 Å². The number of likely N-dealkylation sites (tertiary alicyclic amines) is 1. The molecule has 4 aromatic rings. The highest BCUT2D eigenvalue weighted by Crippen LogP contribution is 2.33. The largest absolute Gasteiger partial charge is 0.445 e. The number of fused-ring (bicyclic) bond motifs is 1. The van der Waals surface area contributed by atoms with E-state index in [4.69, 9.17) is 9.72 Å². The molecule has 34 heavy (non-hydrogen) atoms. The number of sulfone groups is 1. The Morgan fingerprint density at radius 2 is 1.79 bits per heavy atom. The van der Waals surface area contributed by atoms with Crippen LogP contribution in [0.25, 0.3) is 22.2 Å². The first-order chi connectivity index (χ1) is 16.4. The number of hydrogen-bond acceptors (Lipinski definition) is 5. The van der Waals surface area contributed by atoms with Crippen LogP contribution in [0.15, 0.2) is 77.7 Å². The molecule has 8 heteroatoms. The van der Waals surface area contributed by atoms with Crippen LogP contribution in [0.5, 0.6) is 0 Å². The molecule has 1 aliphatic rings. The minimum atomic E-state index is -3.23. The monoisotopic (exact) mass is 475 g/mol. The van der Waals surface area contributed by atoms with Gasteiger partial charge >= 0.3 is 6.09 Å². The van der Waals surface area contributed by atoms with E-state index < -0.39 is 9.84 Å². The number of aromatic amines is 1. The summed E-state index contributed by atoms with van der Waals surface area (Å²) in [6.45, 7) is 0.873. The van der Waals surface area contributed by atoms with Crippen molar-refractivity contribution in [2.45, 2.75) is 30.4 Å². The summed E-state index contributed by atoms with van der Waals surface area (Å²) in [7, 11) is -3.23. The van der Waals surface area contributed by atoms with Crippen molar-refractivity contribution in [3.8, 4) is 11.1 Å². The van der Waals surface area contributed by atoms with Gasteiger partial charge in [-0.3, -0.25) is 4.90 Å². The normalized spacial score (nSPS) is 16.1. The predicted octanol–water partition coefficient (Wildman–Crippen LogP) is 5.11. The molecule has 0 aliphatic carbocycles. The fourth-order valence-electron chi connectivity index (χ4n) is 4.33. The molecular weight excluding hydrogens is 450 g/mol. The van der Waals surface area contributed by atoms with Crippen molar-refractivity contribution in [2.24, 2.45) is 0 Å². The summed E-state index contributed by atoms with van der Waals surface area (Å²) in [5, 5.41) is 0. The maximum absolute atomic E-state index is 12.8. The number of ether oxygens (including phenoxy) is 1. The number of carbonyl (C=O) groups is 1. The molecule has 1 N–H and O–H groups in total. The highest BCUT2D eigenvalue weighted by Gasteiger charge is 2.33. The summed E-state index contributed by atoms with van der Waals surface area (Å²) in [4.78, 5) is 22.9. The summed E-state index contributed by atoms with van der Waals surface area (Å²) in [5.74, 6) is 0.744. The lowest BCUT2D eigenvalue weighted by Crippen LogP contribution is -2.31. The van der Waals surface area contributed by atoms with Crippen LogP contribution >= 0.6 is 0 Å². The summed E-state index contributed by atoms with van der Waals surface area (Å²) in [6, 6.07) is 22.2. The Hall–Kier alpha value is -3.65. The van der Waals surface area contributed by atoms with Gasteiger partial charge in [0.1, 0.15) is 12.4 Å². The van der Waals surface area contributed by atoms with E-state index in [-0.39, 0.29) is 18.7 Å². The minimum Gasteiger partial charge on any atom is -0.445 e. The van der Waals surface area contributed by atoms with Crippen molar-refractivity contribution >= 4 is 27.0 Å². The number of imidazole rings is 1. The second-order valence-corrected chi connectivity index (χ2v) is 10.6. The third-order valence-electron chi connectivity index (χ3n) is 6.12. The first-order valence-corrected chi connectivity index (χ1v) is 13.0. The molecule has 1 atom stereocenters. The third kappa shape index (κ3) is 4.54. The van der Waals surface area contributed by atoms with Gasteiger partial charge in [0.25, 0.3) is 0 Å². The van der Waals surface area contributed by atoms with Crippen LogP contribution in [-0.4, -0.2) is 42.2 Å². The Morgan fingerprint density at radius 1 is 1.06 bits per heavy atom. The van der Waals surface area contributed by atoms with Crippen molar-refractivity contribution in [1.29, 1.82) is 0 Å². The molecule has 1 aromatic heterocycles. The van der Waals surface area contributed by atoms with Crippen LogP contribution in [0.3, 0.4) is 0 Å². The first kappa shape index (κ1) is 22.2. The number of aromatic nitrogens is 2. The zero-order chi connectivity index (χ0) is 23.7. The van der Waals surface area contributed by atoms with Crippen LogP contribution in [0.1, 0.15) is 30.3 Å². The summed E-state index contributed by atoms with van der Waals surface area (Å²) >= 11 is 0. The van der Waals surface area contributed by atoms with Gasteiger partial charge in [0.05, 0.1) is 22.0 Å². The van der Waals surface area contributed by atoms with Gasteiger partial charge < -0.3 is 9.72 Å². The van der Waals surface area contributed by atoms with Gasteiger partial charge in [0, 0.05) is 12.8 Å². The average Bonchev–Trinajstić information content (AvgIpc) is 3.49. The van der Waals surface area contributed by atoms with Crippen LogP contribution in [-0.2, 0) is 21.2 Å². The van der Waals surface area contributed by atoms with Crippen molar-refractivity contribution in [2.75, 3.05) is 12.8 Å². The average molecular weight is 476 g/mol. The molecule has 1 fully saturated rings. The molecule has 7 nitrogen and oxygen atoms in total. The van der Waals surface area contributed by atoms with Crippen LogP contribution in [0.4, 0.5) is 4.79 Å². The van der Waals surface area contributed by atoms with Gasteiger partial charge in [-0.2, -0.15) is 0 Å². The smallest absolute Gasteiger partial charge is 0.410 e. The van der Waals surface area contributed by atoms with Gasteiger partial charge in [-0.05, 0) is 53.8 Å². The lowest BCUT2D eigenvalue weighted by atomic mass is 10.1. The fourth-order valence-corrected chi connectivity index (χ4v) is 4.96. The summed E-state index contributed by atoms with van der Waals surface area (Å²) in [6.07, 6.45) is 2.57. The third-order valence-corrected chi connectivity index (χ3v) is 7.25. The Balaban J connectivity index is 1.35. The molecule has 1 aliphatic heterocycles. The SMILES string of the molecule is CS(=O)(=O)c1ccc(-c2ccc3nc([C@@H]4CCCN4C(=O)OCc4ccccc4)[nH]c3c2)cc1. The molecule has 0 unspecified atom stereocenters. The highest BCUT2D eigenvalue weighted by atomic mass is 32.2. The molecule has 174 valence electrons. The van der Waals surface area contributed by atoms with Crippen LogP contribution < -0.4 is 0 Å². The van der Waals surface area contributed by atoms with E-state index in [2.05, 4.69) is 4.98 Å². The Kier molecular flexibility index (Phi) is 5.83. The van der Waals surface area contributed by atoms with Gasteiger partial charge in [0.2, 0.25) is 0 Å². The van der Waals surface area contributed by atoms with E-state index >= 15 is 0 Å². The second-order valence-electron chi connectivity index (χ2n) is 8.54. The maximum atomic E-state index is 12.8. The molecule has 0 bridgehead atoms. The first-order valence-electron chi connectivity index (χ1n) is 11.2. The van der Waals surface area contributed by atoms with Crippen LogP contribution in [0, 0.1) is 0 Å². The zero-order valence-corrected chi connectivity index (χ0v) is 19.6. The number of nitrogens with one attached hydrogen (secondary N) is 1.